The number of hydrogen-bond acceptors (Lipinski definition) is 6. The summed E-state index contributed by atoms with van der Waals surface area (Å²) in [6.45, 7) is -0.233. The summed E-state index contributed by atoms with van der Waals surface area (Å²) >= 11 is 12.9. The lowest BCUT2D eigenvalue weighted by Gasteiger charge is -2.22. The minimum atomic E-state index is -0.336. The number of nitrogens with one attached hydrogen (secondary N) is 1. The Balaban J connectivity index is 1.41. The van der Waals surface area contributed by atoms with Crippen molar-refractivity contribution in [2.45, 2.75) is 38.0 Å². The zero-order valence-corrected chi connectivity index (χ0v) is 26.1. The van der Waals surface area contributed by atoms with E-state index < -0.39 is 0 Å². The van der Waals surface area contributed by atoms with Gasteiger partial charge in [-0.3, -0.25) is 9.59 Å². The number of benzene rings is 3. The lowest BCUT2D eigenvalue weighted by Crippen LogP contribution is -2.25. The number of fused-ring (bicyclic) bond motifs is 1. The molecule has 0 atom stereocenters. The van der Waals surface area contributed by atoms with E-state index in [-0.39, 0.29) is 24.0 Å². The van der Waals surface area contributed by atoms with Gasteiger partial charge >= 0.3 is 0 Å². The second kappa shape index (κ2) is 13.2. The van der Waals surface area contributed by atoms with Gasteiger partial charge in [0.05, 0.1) is 28.7 Å². The molecule has 1 saturated carbocycles. The standard InChI is InChI=1S/C30H27Br2ClN4O4/c1-40-26-14-18(13-24(32)28(26)41-17-27(38)35-22-10-8-21(33)9-11-22)16-34-37-29(19-5-3-2-4-6-19)36-25-12-7-20(31)15-23(25)30(37)39/h7-16,19H,2-6,17H2,1H3,(H,35,38). The number of aromatic nitrogens is 2. The van der Waals surface area contributed by atoms with Crippen LogP contribution in [0, 0.1) is 0 Å². The van der Waals surface area contributed by atoms with Gasteiger partial charge in [-0.2, -0.15) is 9.78 Å². The number of anilines is 1. The Morgan fingerprint density at radius 3 is 2.61 bits per heavy atom. The molecule has 1 aromatic heterocycles. The predicted molar refractivity (Wildman–Crippen MR) is 169 cm³/mol. The van der Waals surface area contributed by atoms with Crippen LogP contribution in [-0.2, 0) is 4.79 Å². The summed E-state index contributed by atoms with van der Waals surface area (Å²) in [5, 5.41) is 8.45. The molecule has 8 nitrogen and oxygen atoms in total. The van der Waals surface area contributed by atoms with E-state index in [0.29, 0.717) is 49.0 Å². The van der Waals surface area contributed by atoms with E-state index >= 15 is 0 Å². The van der Waals surface area contributed by atoms with Crippen molar-refractivity contribution in [3.63, 3.8) is 0 Å². The highest BCUT2D eigenvalue weighted by molar-refractivity contribution is 9.10. The van der Waals surface area contributed by atoms with Gasteiger partial charge in [0, 0.05) is 21.1 Å². The Bertz CT molecular complexity index is 1670. The third-order valence-electron chi connectivity index (χ3n) is 6.85. The zero-order valence-electron chi connectivity index (χ0n) is 22.2. The number of nitrogens with zero attached hydrogens (tertiary/aromatic N) is 3. The molecule has 0 saturated heterocycles. The lowest BCUT2D eigenvalue weighted by atomic mass is 9.88. The van der Waals surface area contributed by atoms with Crippen LogP contribution in [0.15, 0.2) is 73.4 Å². The third-order valence-corrected chi connectivity index (χ3v) is 8.19. The van der Waals surface area contributed by atoms with Crippen molar-refractivity contribution < 1.29 is 14.3 Å². The molecule has 1 amide bonds. The van der Waals surface area contributed by atoms with Crippen LogP contribution in [0.1, 0.15) is 49.4 Å². The highest BCUT2D eigenvalue weighted by Crippen LogP contribution is 2.37. The average Bonchev–Trinajstić information content (AvgIpc) is 2.97. The first-order valence-corrected chi connectivity index (χ1v) is 15.1. The Labute approximate surface area is 259 Å². The maximum atomic E-state index is 13.6. The van der Waals surface area contributed by atoms with Crippen LogP contribution >= 0.6 is 43.5 Å². The Morgan fingerprint density at radius 1 is 1.12 bits per heavy atom. The maximum absolute atomic E-state index is 13.6. The molecule has 1 heterocycles. The summed E-state index contributed by atoms with van der Waals surface area (Å²) in [5.74, 6) is 1.28. The fourth-order valence-electron chi connectivity index (χ4n) is 4.85. The molecule has 41 heavy (non-hydrogen) atoms. The fourth-order valence-corrected chi connectivity index (χ4v) is 5.91. The quantitative estimate of drug-likeness (QED) is 0.192. The number of halogens is 3. The molecule has 0 bridgehead atoms. The summed E-state index contributed by atoms with van der Waals surface area (Å²) in [6.07, 6.45) is 6.94. The van der Waals surface area contributed by atoms with Crippen LogP contribution in [0.3, 0.4) is 0 Å². The van der Waals surface area contributed by atoms with Gasteiger partial charge in [0.25, 0.3) is 11.5 Å². The van der Waals surface area contributed by atoms with Gasteiger partial charge in [-0.25, -0.2) is 4.98 Å². The van der Waals surface area contributed by atoms with Crippen molar-refractivity contribution in [1.82, 2.24) is 9.66 Å². The van der Waals surface area contributed by atoms with Gasteiger partial charge < -0.3 is 14.8 Å². The van der Waals surface area contributed by atoms with Gasteiger partial charge in [0.2, 0.25) is 0 Å². The molecular formula is C30H27Br2ClN4O4. The number of methoxy groups -OCH3 is 1. The molecule has 212 valence electrons. The number of rotatable bonds is 8. The van der Waals surface area contributed by atoms with Crippen LogP contribution in [0.25, 0.3) is 10.9 Å². The zero-order chi connectivity index (χ0) is 28.9. The smallest absolute Gasteiger partial charge is 0.282 e. The SMILES string of the molecule is COc1cc(C=Nn2c(C3CCCCC3)nc3ccc(Br)cc3c2=O)cc(Br)c1OCC(=O)Nc1ccc(Cl)cc1. The summed E-state index contributed by atoms with van der Waals surface area (Å²) in [7, 11) is 1.51. The molecule has 0 spiro atoms. The maximum Gasteiger partial charge on any atom is 0.282 e. The van der Waals surface area contributed by atoms with E-state index in [4.69, 9.17) is 26.1 Å². The normalized spacial score (nSPS) is 14.0. The van der Waals surface area contributed by atoms with Crippen molar-refractivity contribution in [1.29, 1.82) is 0 Å². The molecule has 1 aliphatic carbocycles. The summed E-state index contributed by atoms with van der Waals surface area (Å²) < 4.78 is 14.1. The molecular weight excluding hydrogens is 676 g/mol. The molecule has 1 fully saturated rings. The minimum Gasteiger partial charge on any atom is -0.493 e. The monoisotopic (exact) mass is 700 g/mol. The first-order valence-electron chi connectivity index (χ1n) is 13.1. The highest BCUT2D eigenvalue weighted by atomic mass is 79.9. The number of ether oxygens (including phenoxy) is 2. The van der Waals surface area contributed by atoms with Gasteiger partial charge in [0.15, 0.2) is 18.1 Å². The van der Waals surface area contributed by atoms with E-state index in [1.807, 2.05) is 12.1 Å². The molecule has 4 aromatic rings. The van der Waals surface area contributed by atoms with Crippen molar-refractivity contribution in [2.75, 3.05) is 19.0 Å². The Kier molecular flexibility index (Phi) is 9.42. The van der Waals surface area contributed by atoms with Crippen molar-refractivity contribution in [3.05, 3.63) is 90.3 Å². The van der Waals surface area contributed by atoms with Crippen LogP contribution < -0.4 is 20.3 Å². The average molecular weight is 703 g/mol. The van der Waals surface area contributed by atoms with Crippen LogP contribution in [0.2, 0.25) is 5.02 Å². The third kappa shape index (κ3) is 6.99. The lowest BCUT2D eigenvalue weighted by molar-refractivity contribution is -0.118. The van der Waals surface area contributed by atoms with Crippen molar-refractivity contribution in [2.24, 2.45) is 5.10 Å². The highest BCUT2D eigenvalue weighted by Gasteiger charge is 2.23. The molecule has 1 N–H and O–H groups in total. The minimum absolute atomic E-state index is 0.165. The Hall–Kier alpha value is -3.21. The van der Waals surface area contributed by atoms with Gasteiger partial charge in [-0.15, -0.1) is 0 Å². The van der Waals surface area contributed by atoms with Gasteiger partial charge in [0.1, 0.15) is 5.82 Å². The number of amides is 1. The summed E-state index contributed by atoms with van der Waals surface area (Å²) in [5.41, 5.74) is 1.73. The first-order chi connectivity index (χ1) is 19.8. The predicted octanol–water partition coefficient (Wildman–Crippen LogP) is 7.53. The topological polar surface area (TPSA) is 94.8 Å². The van der Waals surface area contributed by atoms with E-state index in [2.05, 4.69) is 42.3 Å². The number of carbonyl (C=O) groups excluding carboxylic acids is 1. The van der Waals surface area contributed by atoms with E-state index in [1.54, 1.807) is 48.7 Å². The van der Waals surface area contributed by atoms with E-state index in [0.717, 1.165) is 30.2 Å². The molecule has 5 rings (SSSR count). The van der Waals surface area contributed by atoms with Crippen LogP contribution in [-0.4, -0.2) is 35.5 Å². The van der Waals surface area contributed by atoms with Crippen molar-refractivity contribution in [3.8, 4) is 11.5 Å². The number of hydrogen-bond donors (Lipinski definition) is 1. The second-order valence-electron chi connectivity index (χ2n) is 9.71. The second-order valence-corrected chi connectivity index (χ2v) is 11.9. The largest absolute Gasteiger partial charge is 0.493 e. The van der Waals surface area contributed by atoms with Gasteiger partial charge in [-0.05, 0) is 88.9 Å². The van der Waals surface area contributed by atoms with E-state index in [1.165, 1.54) is 18.2 Å². The summed E-state index contributed by atoms with van der Waals surface area (Å²) in [4.78, 5) is 30.9. The first kappa shape index (κ1) is 29.3. The van der Waals surface area contributed by atoms with Crippen LogP contribution in [0.5, 0.6) is 11.5 Å². The molecule has 3 aromatic carbocycles. The van der Waals surface area contributed by atoms with Crippen LogP contribution in [0.4, 0.5) is 5.69 Å². The summed E-state index contributed by atoms with van der Waals surface area (Å²) in [6, 6.07) is 15.8. The Morgan fingerprint density at radius 2 is 1.88 bits per heavy atom. The number of carbonyl (C=O) groups is 1. The molecule has 0 aliphatic heterocycles. The van der Waals surface area contributed by atoms with Crippen molar-refractivity contribution >= 4 is 72.2 Å². The van der Waals surface area contributed by atoms with E-state index in [9.17, 15) is 9.59 Å². The van der Waals surface area contributed by atoms with Gasteiger partial charge in [-0.1, -0.05) is 46.8 Å². The molecule has 1 aliphatic rings. The molecule has 0 radical (unpaired) electrons. The molecule has 11 heteroatoms. The molecule has 0 unspecified atom stereocenters. The fraction of sp³-hybridized carbons (Fsp3) is 0.267.